The van der Waals surface area contributed by atoms with Crippen molar-refractivity contribution in [2.75, 3.05) is 0 Å². The van der Waals surface area contributed by atoms with Crippen molar-refractivity contribution in [2.45, 2.75) is 0 Å². The van der Waals surface area contributed by atoms with Crippen molar-refractivity contribution in [1.82, 2.24) is 15.0 Å². The molecule has 0 bridgehead atoms. The van der Waals surface area contributed by atoms with Crippen molar-refractivity contribution in [3.63, 3.8) is 0 Å². The fourth-order valence-corrected chi connectivity index (χ4v) is 2.00. The molecule has 1 N–H and O–H groups in total. The largest absolute Gasteiger partial charge is 0.346 e. The third-order valence-electron chi connectivity index (χ3n) is 2.51. The van der Waals surface area contributed by atoms with E-state index in [-0.39, 0.29) is 0 Å². The summed E-state index contributed by atoms with van der Waals surface area (Å²) in [5.41, 5.74) is 2.83. The van der Waals surface area contributed by atoms with Gasteiger partial charge < -0.3 is 4.98 Å². The Bertz CT molecular complexity index is 645. The second-order valence-corrected chi connectivity index (χ2v) is 3.80. The number of aromatic nitrogens is 3. The van der Waals surface area contributed by atoms with E-state index in [9.17, 15) is 0 Å². The third kappa shape index (κ3) is 1.37. The highest BCUT2D eigenvalue weighted by Crippen LogP contribution is 2.30. The van der Waals surface area contributed by atoms with Crippen molar-refractivity contribution in [3.8, 4) is 11.1 Å². The van der Waals surface area contributed by atoms with Gasteiger partial charge in [0.15, 0.2) is 0 Å². The van der Waals surface area contributed by atoms with Gasteiger partial charge in [0.2, 0.25) is 0 Å². The summed E-state index contributed by atoms with van der Waals surface area (Å²) in [6.07, 6.45) is 5.31. The molecule has 16 heavy (non-hydrogen) atoms. The van der Waals surface area contributed by atoms with Crippen LogP contribution in [0.25, 0.3) is 22.2 Å². The SMILES string of the molecule is Clc1ncccc1-c1ccnc2[nH]ccc12. The first-order chi connectivity index (χ1) is 7.86. The van der Waals surface area contributed by atoms with Gasteiger partial charge in [-0.25, -0.2) is 9.97 Å². The molecule has 78 valence electrons. The number of nitrogens with zero attached hydrogens (tertiary/aromatic N) is 2. The second kappa shape index (κ2) is 3.61. The molecule has 0 saturated heterocycles. The van der Waals surface area contributed by atoms with Crippen LogP contribution in [0, 0.1) is 0 Å². The highest BCUT2D eigenvalue weighted by Gasteiger charge is 2.08. The minimum atomic E-state index is 0.510. The molecule has 0 atom stereocenters. The number of hydrogen-bond acceptors (Lipinski definition) is 2. The van der Waals surface area contributed by atoms with Crippen molar-refractivity contribution in [1.29, 1.82) is 0 Å². The molecule has 0 aliphatic rings. The van der Waals surface area contributed by atoms with Crippen LogP contribution in [0.3, 0.4) is 0 Å². The maximum Gasteiger partial charge on any atom is 0.137 e. The molecular weight excluding hydrogens is 222 g/mol. The van der Waals surface area contributed by atoms with Crippen molar-refractivity contribution in [2.24, 2.45) is 0 Å². The molecule has 0 amide bonds. The van der Waals surface area contributed by atoms with E-state index in [2.05, 4.69) is 15.0 Å². The highest BCUT2D eigenvalue weighted by molar-refractivity contribution is 6.32. The fraction of sp³-hybridized carbons (Fsp3) is 0. The van der Waals surface area contributed by atoms with Crippen molar-refractivity contribution >= 4 is 22.6 Å². The van der Waals surface area contributed by atoms with Gasteiger partial charge in [0.05, 0.1) is 0 Å². The number of hydrogen-bond donors (Lipinski definition) is 1. The fourth-order valence-electron chi connectivity index (χ4n) is 1.78. The maximum absolute atomic E-state index is 6.08. The van der Waals surface area contributed by atoms with Gasteiger partial charge in [-0.05, 0) is 29.8 Å². The van der Waals surface area contributed by atoms with Crippen LogP contribution in [0.1, 0.15) is 0 Å². The number of H-pyrrole nitrogens is 1. The van der Waals surface area contributed by atoms with Crippen LogP contribution >= 0.6 is 11.6 Å². The summed E-state index contributed by atoms with van der Waals surface area (Å²) in [4.78, 5) is 11.4. The van der Waals surface area contributed by atoms with Crippen LogP contribution in [0.15, 0.2) is 42.9 Å². The summed E-state index contributed by atoms with van der Waals surface area (Å²) in [7, 11) is 0. The zero-order valence-corrected chi connectivity index (χ0v) is 9.07. The Kier molecular flexibility index (Phi) is 2.11. The molecule has 4 heteroatoms. The molecular formula is C12H8ClN3. The Morgan fingerprint density at radius 2 is 1.94 bits per heavy atom. The Morgan fingerprint density at radius 1 is 1.00 bits per heavy atom. The third-order valence-corrected chi connectivity index (χ3v) is 2.81. The van der Waals surface area contributed by atoms with Gasteiger partial charge in [-0.2, -0.15) is 0 Å². The first-order valence-corrected chi connectivity index (χ1v) is 5.27. The van der Waals surface area contributed by atoms with Gasteiger partial charge in [-0.1, -0.05) is 11.6 Å². The van der Waals surface area contributed by atoms with Gasteiger partial charge in [0.25, 0.3) is 0 Å². The number of nitrogens with one attached hydrogen (secondary N) is 1. The van der Waals surface area contributed by atoms with Crippen molar-refractivity contribution in [3.05, 3.63) is 48.0 Å². The molecule has 3 heterocycles. The lowest BCUT2D eigenvalue weighted by Crippen LogP contribution is -1.84. The predicted molar refractivity (Wildman–Crippen MR) is 64.3 cm³/mol. The molecule has 0 spiro atoms. The van der Waals surface area contributed by atoms with E-state index < -0.39 is 0 Å². The zero-order chi connectivity index (χ0) is 11.0. The summed E-state index contributed by atoms with van der Waals surface area (Å²) in [5.74, 6) is 0. The first kappa shape index (κ1) is 9.36. The molecule has 0 aromatic carbocycles. The van der Waals surface area contributed by atoms with Crippen molar-refractivity contribution < 1.29 is 0 Å². The molecule has 0 aliphatic heterocycles. The minimum absolute atomic E-state index is 0.510. The van der Waals surface area contributed by atoms with Crippen LogP contribution in [-0.4, -0.2) is 15.0 Å². The Morgan fingerprint density at radius 3 is 2.81 bits per heavy atom. The van der Waals surface area contributed by atoms with Gasteiger partial charge in [-0.15, -0.1) is 0 Å². The van der Waals surface area contributed by atoms with Crippen LogP contribution in [0.5, 0.6) is 0 Å². The van der Waals surface area contributed by atoms with E-state index in [1.807, 2.05) is 30.5 Å². The summed E-state index contributed by atoms with van der Waals surface area (Å²) < 4.78 is 0. The van der Waals surface area contributed by atoms with Crippen LogP contribution < -0.4 is 0 Å². The second-order valence-electron chi connectivity index (χ2n) is 3.44. The topological polar surface area (TPSA) is 41.6 Å². The molecule has 3 aromatic heterocycles. The van der Waals surface area contributed by atoms with Gasteiger partial charge in [0.1, 0.15) is 10.8 Å². The van der Waals surface area contributed by atoms with E-state index in [0.717, 1.165) is 22.2 Å². The standard InChI is InChI=1S/C12H8ClN3/c13-11-9(2-1-5-14-11)8-3-6-15-12-10(8)4-7-16-12/h1-7H,(H,15,16). The quantitative estimate of drug-likeness (QED) is 0.651. The summed E-state index contributed by atoms with van der Waals surface area (Å²) >= 11 is 6.08. The van der Waals surface area contributed by atoms with Crippen LogP contribution in [0.4, 0.5) is 0 Å². The minimum Gasteiger partial charge on any atom is -0.346 e. The summed E-state index contributed by atoms with van der Waals surface area (Å²) in [6.45, 7) is 0. The zero-order valence-electron chi connectivity index (χ0n) is 8.31. The van der Waals surface area contributed by atoms with Crippen LogP contribution in [-0.2, 0) is 0 Å². The lowest BCUT2D eigenvalue weighted by atomic mass is 10.1. The van der Waals surface area contributed by atoms with E-state index in [0.29, 0.717) is 5.15 Å². The maximum atomic E-state index is 6.08. The average molecular weight is 230 g/mol. The molecule has 0 radical (unpaired) electrons. The number of rotatable bonds is 1. The van der Waals surface area contributed by atoms with Gasteiger partial charge in [0, 0.05) is 29.5 Å². The summed E-state index contributed by atoms with van der Waals surface area (Å²) in [6, 6.07) is 7.76. The van der Waals surface area contributed by atoms with Gasteiger partial charge in [-0.3, -0.25) is 0 Å². The molecule has 0 unspecified atom stereocenters. The first-order valence-electron chi connectivity index (χ1n) is 4.89. The molecule has 3 nitrogen and oxygen atoms in total. The van der Waals surface area contributed by atoms with E-state index in [1.54, 1.807) is 12.4 Å². The normalized spacial score (nSPS) is 10.8. The Balaban J connectivity index is 2.34. The number of pyridine rings is 2. The number of halogens is 1. The average Bonchev–Trinajstić information content (AvgIpc) is 2.77. The lowest BCUT2D eigenvalue weighted by molar-refractivity contribution is 1.31. The Labute approximate surface area is 97.1 Å². The molecule has 0 fully saturated rings. The monoisotopic (exact) mass is 229 g/mol. The molecule has 0 aliphatic carbocycles. The van der Waals surface area contributed by atoms with Gasteiger partial charge >= 0.3 is 0 Å². The number of aromatic amines is 1. The van der Waals surface area contributed by atoms with Crippen LogP contribution in [0.2, 0.25) is 5.15 Å². The number of fused-ring (bicyclic) bond motifs is 1. The van der Waals surface area contributed by atoms with E-state index in [4.69, 9.17) is 11.6 Å². The van der Waals surface area contributed by atoms with E-state index in [1.165, 1.54) is 0 Å². The molecule has 3 aromatic rings. The summed E-state index contributed by atoms with van der Waals surface area (Å²) in [5, 5.41) is 1.56. The molecule has 0 saturated carbocycles. The van der Waals surface area contributed by atoms with E-state index >= 15 is 0 Å². The molecule has 3 rings (SSSR count). The lowest BCUT2D eigenvalue weighted by Gasteiger charge is -2.04. The smallest absolute Gasteiger partial charge is 0.137 e. The highest BCUT2D eigenvalue weighted by atomic mass is 35.5. The predicted octanol–water partition coefficient (Wildman–Crippen LogP) is 3.28. The Hall–Kier alpha value is -1.87.